The second-order valence-corrected chi connectivity index (χ2v) is 4.42. The summed E-state index contributed by atoms with van der Waals surface area (Å²) in [6.45, 7) is 2.00. The summed E-state index contributed by atoms with van der Waals surface area (Å²) >= 11 is 0. The first-order valence-corrected chi connectivity index (χ1v) is 6.18. The van der Waals surface area contributed by atoms with Gasteiger partial charge in [0.1, 0.15) is 18.0 Å². The van der Waals surface area contributed by atoms with Crippen LogP contribution < -0.4 is 11.4 Å². The minimum atomic E-state index is -0.555. The molecular weight excluding hydrogens is 250 g/mol. The van der Waals surface area contributed by atoms with Crippen LogP contribution in [0.5, 0.6) is 0 Å². The molecule has 1 fully saturated rings. The van der Waals surface area contributed by atoms with Crippen molar-refractivity contribution in [2.24, 2.45) is 0 Å². The van der Waals surface area contributed by atoms with Crippen LogP contribution in [0.15, 0.2) is 17.1 Å². The molecule has 0 saturated carbocycles. The molecule has 2 heterocycles. The van der Waals surface area contributed by atoms with Gasteiger partial charge in [0, 0.05) is 20.4 Å². The Balaban J connectivity index is 2.35. The lowest BCUT2D eigenvalue weighted by atomic mass is 10.1. The summed E-state index contributed by atoms with van der Waals surface area (Å²) in [6, 6.07) is 1.55. The number of rotatable bonds is 4. The molecule has 0 radical (unpaired) electrons. The summed E-state index contributed by atoms with van der Waals surface area (Å²) < 4.78 is 18.1. The molecule has 0 spiro atoms. The van der Waals surface area contributed by atoms with Gasteiger partial charge in [-0.25, -0.2) is 4.79 Å². The fourth-order valence-corrected chi connectivity index (χ4v) is 2.42. The van der Waals surface area contributed by atoms with E-state index in [-0.39, 0.29) is 24.1 Å². The molecule has 2 rings (SSSR count). The highest BCUT2D eigenvalue weighted by atomic mass is 16.6. The average molecular weight is 269 g/mol. The van der Waals surface area contributed by atoms with Crippen LogP contribution in [0.1, 0.15) is 19.6 Å². The molecule has 1 aromatic heterocycles. The summed E-state index contributed by atoms with van der Waals surface area (Å²) in [5.41, 5.74) is 5.02. The van der Waals surface area contributed by atoms with Crippen LogP contribution in [0.4, 0.5) is 5.82 Å². The maximum absolute atomic E-state index is 11.9. The van der Waals surface area contributed by atoms with Gasteiger partial charge in [0.2, 0.25) is 0 Å². The minimum Gasteiger partial charge on any atom is -0.383 e. The smallest absolute Gasteiger partial charge is 0.351 e. The second kappa shape index (κ2) is 5.68. The zero-order valence-corrected chi connectivity index (χ0v) is 11.3. The molecule has 1 unspecified atom stereocenters. The van der Waals surface area contributed by atoms with Crippen molar-refractivity contribution in [1.29, 1.82) is 0 Å². The molecule has 7 heteroatoms. The predicted octanol–water partition coefficient (Wildman–Crippen LogP) is 0.163. The Morgan fingerprint density at radius 1 is 1.42 bits per heavy atom. The molecule has 4 atom stereocenters. The zero-order valence-electron chi connectivity index (χ0n) is 11.3. The highest BCUT2D eigenvalue weighted by Gasteiger charge is 2.45. The third-order valence-electron chi connectivity index (χ3n) is 3.36. The van der Waals surface area contributed by atoms with E-state index >= 15 is 0 Å². The van der Waals surface area contributed by atoms with Gasteiger partial charge in [0.05, 0.1) is 6.10 Å². The molecule has 19 heavy (non-hydrogen) atoms. The van der Waals surface area contributed by atoms with Gasteiger partial charge < -0.3 is 19.9 Å². The average Bonchev–Trinajstić information content (AvgIpc) is 2.76. The van der Waals surface area contributed by atoms with Gasteiger partial charge in [-0.05, 0) is 12.5 Å². The van der Waals surface area contributed by atoms with E-state index in [1.165, 1.54) is 4.57 Å². The second-order valence-electron chi connectivity index (χ2n) is 4.42. The van der Waals surface area contributed by atoms with Crippen LogP contribution >= 0.6 is 0 Å². The summed E-state index contributed by atoms with van der Waals surface area (Å²) in [7, 11) is 3.18. The third kappa shape index (κ3) is 2.49. The molecule has 2 N–H and O–H groups in total. The van der Waals surface area contributed by atoms with E-state index in [1.807, 2.05) is 6.92 Å². The molecule has 0 bridgehead atoms. The quantitative estimate of drug-likeness (QED) is 0.837. The zero-order chi connectivity index (χ0) is 14.0. The molecule has 0 aromatic carbocycles. The molecule has 1 aliphatic rings. The van der Waals surface area contributed by atoms with Crippen molar-refractivity contribution in [2.75, 3.05) is 20.0 Å². The van der Waals surface area contributed by atoms with Gasteiger partial charge in [-0.15, -0.1) is 0 Å². The molecule has 0 aliphatic carbocycles. The van der Waals surface area contributed by atoms with Gasteiger partial charge in [-0.3, -0.25) is 4.57 Å². The highest BCUT2D eigenvalue weighted by Crippen LogP contribution is 2.33. The van der Waals surface area contributed by atoms with Crippen molar-refractivity contribution in [2.45, 2.75) is 37.9 Å². The normalized spacial score (nSPS) is 30.7. The number of nitrogen functional groups attached to an aromatic ring is 1. The van der Waals surface area contributed by atoms with Gasteiger partial charge in [0.25, 0.3) is 0 Å². The molecule has 1 aromatic rings. The largest absolute Gasteiger partial charge is 0.383 e. The maximum Gasteiger partial charge on any atom is 0.351 e. The lowest BCUT2D eigenvalue weighted by molar-refractivity contribution is -0.0558. The monoisotopic (exact) mass is 269 g/mol. The number of hydrogen-bond acceptors (Lipinski definition) is 6. The maximum atomic E-state index is 11.9. The van der Waals surface area contributed by atoms with Crippen molar-refractivity contribution in [3.63, 3.8) is 0 Å². The van der Waals surface area contributed by atoms with E-state index in [1.54, 1.807) is 26.5 Å². The SMILES string of the molecule is CC[C@H]1O[C@@H](n2ccc(N)nc2=O)[C@@H](OC)C1OC. The van der Waals surface area contributed by atoms with Crippen LogP contribution in [-0.2, 0) is 14.2 Å². The van der Waals surface area contributed by atoms with Crippen molar-refractivity contribution < 1.29 is 14.2 Å². The van der Waals surface area contributed by atoms with E-state index in [9.17, 15) is 4.79 Å². The molecular formula is C12H19N3O4. The Morgan fingerprint density at radius 2 is 2.11 bits per heavy atom. The number of nitrogens with two attached hydrogens (primary N) is 1. The van der Waals surface area contributed by atoms with Crippen molar-refractivity contribution in [3.8, 4) is 0 Å². The van der Waals surface area contributed by atoms with Gasteiger partial charge >= 0.3 is 5.69 Å². The first-order valence-electron chi connectivity index (χ1n) is 6.18. The minimum absolute atomic E-state index is 0.121. The van der Waals surface area contributed by atoms with Crippen LogP contribution in [0.2, 0.25) is 0 Å². The van der Waals surface area contributed by atoms with Gasteiger partial charge in [0.15, 0.2) is 6.23 Å². The summed E-state index contributed by atoms with van der Waals surface area (Å²) in [5, 5.41) is 0. The van der Waals surface area contributed by atoms with Crippen molar-refractivity contribution >= 4 is 5.82 Å². The van der Waals surface area contributed by atoms with E-state index in [2.05, 4.69) is 4.98 Å². The highest BCUT2D eigenvalue weighted by molar-refractivity contribution is 5.23. The van der Waals surface area contributed by atoms with Crippen LogP contribution in [-0.4, -0.2) is 42.1 Å². The molecule has 1 saturated heterocycles. The van der Waals surface area contributed by atoms with Crippen molar-refractivity contribution in [1.82, 2.24) is 9.55 Å². The fraction of sp³-hybridized carbons (Fsp3) is 0.667. The topological polar surface area (TPSA) is 88.6 Å². The third-order valence-corrected chi connectivity index (χ3v) is 3.36. The Bertz CT molecular complexity index is 490. The number of ether oxygens (including phenoxy) is 3. The number of anilines is 1. The predicted molar refractivity (Wildman–Crippen MR) is 68.7 cm³/mol. The van der Waals surface area contributed by atoms with Crippen LogP contribution in [0.25, 0.3) is 0 Å². The molecule has 7 nitrogen and oxygen atoms in total. The fourth-order valence-electron chi connectivity index (χ4n) is 2.42. The first kappa shape index (κ1) is 14.0. The van der Waals surface area contributed by atoms with Gasteiger partial charge in [-0.2, -0.15) is 4.98 Å². The summed E-state index contributed by atoms with van der Waals surface area (Å²) in [5.74, 6) is 0.184. The Kier molecular flexibility index (Phi) is 4.18. The Hall–Kier alpha value is -1.44. The Labute approximate surface area is 111 Å². The van der Waals surface area contributed by atoms with E-state index in [0.29, 0.717) is 0 Å². The van der Waals surface area contributed by atoms with E-state index in [0.717, 1.165) is 6.42 Å². The number of methoxy groups -OCH3 is 2. The molecule has 106 valence electrons. The first-order chi connectivity index (χ1) is 9.12. The summed E-state index contributed by atoms with van der Waals surface area (Å²) in [4.78, 5) is 15.6. The molecule has 0 amide bonds. The van der Waals surface area contributed by atoms with Gasteiger partial charge in [-0.1, -0.05) is 6.92 Å². The van der Waals surface area contributed by atoms with E-state index < -0.39 is 11.9 Å². The number of hydrogen-bond donors (Lipinski definition) is 1. The summed E-state index contributed by atoms with van der Waals surface area (Å²) in [6.07, 6.45) is 1.07. The number of aromatic nitrogens is 2. The molecule has 1 aliphatic heterocycles. The lowest BCUT2D eigenvalue weighted by Crippen LogP contribution is -2.37. The van der Waals surface area contributed by atoms with Crippen LogP contribution in [0.3, 0.4) is 0 Å². The lowest BCUT2D eigenvalue weighted by Gasteiger charge is -2.22. The van der Waals surface area contributed by atoms with E-state index in [4.69, 9.17) is 19.9 Å². The van der Waals surface area contributed by atoms with Crippen LogP contribution in [0, 0.1) is 0 Å². The number of nitrogens with zero attached hydrogens (tertiary/aromatic N) is 2. The van der Waals surface area contributed by atoms with Crippen molar-refractivity contribution in [3.05, 3.63) is 22.7 Å². The Morgan fingerprint density at radius 3 is 2.63 bits per heavy atom. The standard InChI is InChI=1S/C12H19N3O4/c1-4-7-9(17-2)10(18-3)11(19-7)15-6-5-8(13)14-12(15)16/h5-7,9-11H,4H2,1-3H3,(H2,13,14,16)/t7-,9?,10+,11-/m1/s1.